The third kappa shape index (κ3) is 18.0. The van der Waals surface area contributed by atoms with E-state index in [2.05, 4.69) is 43.2 Å². The highest BCUT2D eigenvalue weighted by atomic mass is 127. The van der Waals surface area contributed by atoms with Gasteiger partial charge in [0.1, 0.15) is 0 Å². The fraction of sp³-hybridized carbons (Fsp3) is 0.929. The van der Waals surface area contributed by atoms with Crippen LogP contribution in [0.1, 0.15) is 46.0 Å². The van der Waals surface area contributed by atoms with Gasteiger partial charge < -0.3 is 16.0 Å². The van der Waals surface area contributed by atoms with E-state index in [1.54, 1.807) is 0 Å². The van der Waals surface area contributed by atoms with Gasteiger partial charge in [-0.05, 0) is 39.4 Å². The van der Waals surface area contributed by atoms with E-state index in [-0.39, 0.29) is 24.0 Å². The zero-order valence-corrected chi connectivity index (χ0v) is 15.4. The lowest BCUT2D eigenvalue weighted by Crippen LogP contribution is -2.32. The van der Waals surface area contributed by atoms with Crippen molar-refractivity contribution in [2.45, 2.75) is 46.0 Å². The molecule has 0 rings (SSSR count). The summed E-state index contributed by atoms with van der Waals surface area (Å²) >= 11 is 0. The molecule has 0 unspecified atom stereocenters. The van der Waals surface area contributed by atoms with Crippen molar-refractivity contribution < 1.29 is 0 Å². The van der Waals surface area contributed by atoms with E-state index in [4.69, 9.17) is 5.73 Å². The molecule has 0 saturated carbocycles. The minimum atomic E-state index is 0. The Morgan fingerprint density at radius 3 is 2.26 bits per heavy atom. The van der Waals surface area contributed by atoms with E-state index in [0.29, 0.717) is 11.9 Å². The van der Waals surface area contributed by atoms with Gasteiger partial charge in [-0.2, -0.15) is 0 Å². The minimum Gasteiger partial charge on any atom is -0.370 e. The highest BCUT2D eigenvalue weighted by Crippen LogP contribution is 2.02. The highest BCUT2D eigenvalue weighted by molar-refractivity contribution is 14.0. The number of nitrogens with zero attached hydrogens (tertiary/aromatic N) is 2. The first-order chi connectivity index (χ1) is 8.52. The molecule has 116 valence electrons. The number of aliphatic imine (C=N–C) groups is 1. The van der Waals surface area contributed by atoms with Crippen molar-refractivity contribution in [2.24, 2.45) is 16.6 Å². The van der Waals surface area contributed by atoms with Crippen molar-refractivity contribution in [3.05, 3.63) is 0 Å². The Morgan fingerprint density at radius 1 is 1.11 bits per heavy atom. The summed E-state index contributed by atoms with van der Waals surface area (Å²) in [6.45, 7) is 7.24. The molecule has 0 aliphatic heterocycles. The molecule has 0 spiro atoms. The molecule has 0 aliphatic carbocycles. The quantitative estimate of drug-likeness (QED) is 0.264. The molecule has 0 bridgehead atoms. The van der Waals surface area contributed by atoms with Gasteiger partial charge in [-0.15, -0.1) is 24.0 Å². The summed E-state index contributed by atoms with van der Waals surface area (Å²) in [5, 5.41) is 3.17. The second-order valence-corrected chi connectivity index (χ2v) is 5.62. The minimum absolute atomic E-state index is 0. The SMILES string of the molecule is CC(C)CN=C(N)NCCCCCCCN(C)C.I. The van der Waals surface area contributed by atoms with Crippen molar-refractivity contribution in [3.63, 3.8) is 0 Å². The van der Waals surface area contributed by atoms with Gasteiger partial charge in [0.15, 0.2) is 5.96 Å². The lowest BCUT2D eigenvalue weighted by Gasteiger charge is -2.09. The third-order valence-corrected chi connectivity index (χ3v) is 2.72. The standard InChI is InChI=1S/C14H32N4.HI/c1-13(2)12-17-14(15)16-10-8-6-5-7-9-11-18(3)4;/h13H,5-12H2,1-4H3,(H3,15,16,17);1H. The summed E-state index contributed by atoms with van der Waals surface area (Å²) in [7, 11) is 4.26. The van der Waals surface area contributed by atoms with Crippen molar-refractivity contribution in [1.29, 1.82) is 0 Å². The molecular weight excluding hydrogens is 351 g/mol. The molecule has 0 heterocycles. The molecule has 0 fully saturated rings. The predicted molar refractivity (Wildman–Crippen MR) is 96.4 cm³/mol. The maximum atomic E-state index is 5.75. The first-order valence-corrected chi connectivity index (χ1v) is 7.21. The summed E-state index contributed by atoms with van der Waals surface area (Å²) in [5.74, 6) is 1.17. The molecule has 5 heteroatoms. The Hall–Kier alpha value is -0.0400. The van der Waals surface area contributed by atoms with Crippen LogP contribution in [0.3, 0.4) is 0 Å². The molecule has 0 radical (unpaired) electrons. The number of hydrogen-bond donors (Lipinski definition) is 2. The number of guanidine groups is 1. The van der Waals surface area contributed by atoms with E-state index in [9.17, 15) is 0 Å². The van der Waals surface area contributed by atoms with Gasteiger partial charge in [0.2, 0.25) is 0 Å². The van der Waals surface area contributed by atoms with Crippen LogP contribution in [0.2, 0.25) is 0 Å². The molecule has 19 heavy (non-hydrogen) atoms. The first-order valence-electron chi connectivity index (χ1n) is 7.21. The molecule has 0 aromatic heterocycles. The van der Waals surface area contributed by atoms with Crippen molar-refractivity contribution in [3.8, 4) is 0 Å². The maximum Gasteiger partial charge on any atom is 0.188 e. The average molecular weight is 384 g/mol. The molecule has 0 aromatic carbocycles. The zero-order valence-electron chi connectivity index (χ0n) is 13.1. The van der Waals surface area contributed by atoms with Crippen LogP contribution in [0.5, 0.6) is 0 Å². The van der Waals surface area contributed by atoms with Crippen molar-refractivity contribution in [1.82, 2.24) is 10.2 Å². The smallest absolute Gasteiger partial charge is 0.188 e. The molecule has 0 saturated heterocycles. The molecule has 0 amide bonds. The van der Waals surface area contributed by atoms with Crippen LogP contribution >= 0.6 is 24.0 Å². The number of nitrogens with two attached hydrogens (primary N) is 1. The summed E-state index contributed by atoms with van der Waals surface area (Å²) in [5.41, 5.74) is 5.75. The van der Waals surface area contributed by atoms with Gasteiger partial charge in [-0.25, -0.2) is 0 Å². The average Bonchev–Trinajstić information content (AvgIpc) is 2.29. The molecule has 4 nitrogen and oxygen atoms in total. The van der Waals surface area contributed by atoms with E-state index in [1.165, 1.54) is 38.6 Å². The fourth-order valence-corrected chi connectivity index (χ4v) is 1.64. The topological polar surface area (TPSA) is 53.6 Å². The zero-order chi connectivity index (χ0) is 13.8. The van der Waals surface area contributed by atoms with Gasteiger partial charge in [-0.1, -0.05) is 33.1 Å². The molecule has 0 aromatic rings. The van der Waals surface area contributed by atoms with Crippen LogP contribution in [0.15, 0.2) is 4.99 Å². The van der Waals surface area contributed by atoms with Crippen LogP contribution in [0.25, 0.3) is 0 Å². The van der Waals surface area contributed by atoms with Gasteiger partial charge in [0.05, 0.1) is 0 Å². The number of rotatable bonds is 10. The lowest BCUT2D eigenvalue weighted by atomic mass is 10.1. The summed E-state index contributed by atoms with van der Waals surface area (Å²) in [6, 6.07) is 0. The molecule has 0 atom stereocenters. The lowest BCUT2D eigenvalue weighted by molar-refractivity contribution is 0.389. The third-order valence-electron chi connectivity index (χ3n) is 2.72. The second-order valence-electron chi connectivity index (χ2n) is 5.62. The normalized spacial score (nSPS) is 11.8. The molecule has 3 N–H and O–H groups in total. The summed E-state index contributed by atoms with van der Waals surface area (Å²) < 4.78 is 0. The van der Waals surface area contributed by atoms with E-state index < -0.39 is 0 Å². The van der Waals surface area contributed by atoms with Crippen LogP contribution in [0.4, 0.5) is 0 Å². The van der Waals surface area contributed by atoms with Crippen LogP contribution < -0.4 is 11.1 Å². The number of unbranched alkanes of at least 4 members (excludes halogenated alkanes) is 4. The van der Waals surface area contributed by atoms with Crippen LogP contribution in [0, 0.1) is 5.92 Å². The van der Waals surface area contributed by atoms with Crippen LogP contribution in [-0.2, 0) is 0 Å². The first kappa shape index (κ1) is 21.3. The van der Waals surface area contributed by atoms with Gasteiger partial charge in [-0.3, -0.25) is 4.99 Å². The van der Waals surface area contributed by atoms with Crippen molar-refractivity contribution >= 4 is 29.9 Å². The molecular formula is C14H33IN4. The van der Waals surface area contributed by atoms with E-state index in [1.807, 2.05) is 0 Å². The van der Waals surface area contributed by atoms with Crippen LogP contribution in [-0.4, -0.2) is 44.6 Å². The van der Waals surface area contributed by atoms with E-state index in [0.717, 1.165) is 13.1 Å². The Bertz CT molecular complexity index is 217. The summed E-state index contributed by atoms with van der Waals surface area (Å²) in [4.78, 5) is 6.51. The second kappa shape index (κ2) is 14.4. The molecule has 0 aliphatic rings. The maximum absolute atomic E-state index is 5.75. The number of hydrogen-bond acceptors (Lipinski definition) is 2. The monoisotopic (exact) mass is 384 g/mol. The fourth-order valence-electron chi connectivity index (χ4n) is 1.64. The van der Waals surface area contributed by atoms with Crippen molar-refractivity contribution in [2.75, 3.05) is 33.7 Å². The summed E-state index contributed by atoms with van der Waals surface area (Å²) in [6.07, 6.45) is 6.41. The number of nitrogens with one attached hydrogen (secondary N) is 1. The van der Waals surface area contributed by atoms with Gasteiger partial charge in [0, 0.05) is 13.1 Å². The van der Waals surface area contributed by atoms with Gasteiger partial charge in [0.25, 0.3) is 0 Å². The number of halogens is 1. The van der Waals surface area contributed by atoms with Gasteiger partial charge >= 0.3 is 0 Å². The Balaban J connectivity index is 0. The Morgan fingerprint density at radius 2 is 1.68 bits per heavy atom. The highest BCUT2D eigenvalue weighted by Gasteiger charge is 1.95. The Labute approximate surface area is 136 Å². The predicted octanol–water partition coefficient (Wildman–Crippen LogP) is 2.68. The largest absolute Gasteiger partial charge is 0.370 e. The van der Waals surface area contributed by atoms with E-state index >= 15 is 0 Å². The Kier molecular flexibility index (Phi) is 16.1.